The summed E-state index contributed by atoms with van der Waals surface area (Å²) in [5.74, 6) is 1.76. The summed E-state index contributed by atoms with van der Waals surface area (Å²) >= 11 is 0. The van der Waals surface area contributed by atoms with Gasteiger partial charge in [-0.2, -0.15) is 0 Å². The van der Waals surface area contributed by atoms with E-state index < -0.39 is 0 Å². The quantitative estimate of drug-likeness (QED) is 0.855. The number of hydrogen-bond donors (Lipinski definition) is 0. The van der Waals surface area contributed by atoms with Crippen molar-refractivity contribution in [2.75, 3.05) is 31.1 Å². The van der Waals surface area contributed by atoms with E-state index in [2.05, 4.69) is 31.9 Å². The molecule has 5 heteroatoms. The Morgan fingerprint density at radius 2 is 1.80 bits per heavy atom. The molecular weight excluding hydrogens is 252 g/mol. The number of aromatic nitrogens is 2. The average Bonchev–Trinajstić information content (AvgIpc) is 2.79. The summed E-state index contributed by atoms with van der Waals surface area (Å²) in [4.78, 5) is 13.3. The molecule has 0 saturated carbocycles. The lowest BCUT2D eigenvalue weighted by Crippen LogP contribution is -2.46. The van der Waals surface area contributed by atoms with E-state index in [-0.39, 0.29) is 0 Å². The maximum Gasteiger partial charge on any atom is 0.208 e. The van der Waals surface area contributed by atoms with Crippen molar-refractivity contribution < 1.29 is 4.42 Å². The molecule has 0 aromatic carbocycles. The summed E-state index contributed by atoms with van der Waals surface area (Å²) in [6.45, 7) is 8.88. The third-order valence-electron chi connectivity index (χ3n) is 3.83. The molecule has 0 unspecified atom stereocenters. The summed E-state index contributed by atoms with van der Waals surface area (Å²) in [5.41, 5.74) is 2.25. The molecule has 1 saturated heterocycles. The van der Waals surface area contributed by atoms with Crippen molar-refractivity contribution >= 4 is 5.69 Å². The number of oxazole rings is 1. The molecule has 0 spiro atoms. The van der Waals surface area contributed by atoms with Crippen LogP contribution in [0.1, 0.15) is 17.3 Å². The molecule has 0 bridgehead atoms. The largest absolute Gasteiger partial charge is 0.444 e. The molecule has 0 amide bonds. The van der Waals surface area contributed by atoms with Gasteiger partial charge in [-0.15, -0.1) is 0 Å². The van der Waals surface area contributed by atoms with Crippen LogP contribution in [0.5, 0.6) is 0 Å². The maximum atomic E-state index is 5.65. The molecule has 20 heavy (non-hydrogen) atoms. The molecule has 0 N–H and O–H groups in total. The van der Waals surface area contributed by atoms with Gasteiger partial charge >= 0.3 is 0 Å². The molecule has 1 aliphatic heterocycles. The first-order chi connectivity index (χ1) is 9.72. The SMILES string of the molecule is Cc1nc(CN2CCN(c3ccncc3)CC2)oc1C. The van der Waals surface area contributed by atoms with Crippen molar-refractivity contribution in [2.24, 2.45) is 0 Å². The normalized spacial score (nSPS) is 16.6. The smallest absolute Gasteiger partial charge is 0.208 e. The van der Waals surface area contributed by atoms with Crippen molar-refractivity contribution in [3.05, 3.63) is 41.9 Å². The van der Waals surface area contributed by atoms with Crippen LogP contribution in [0.4, 0.5) is 5.69 Å². The predicted octanol–water partition coefficient (Wildman–Crippen LogP) is 2.01. The molecule has 106 valence electrons. The highest BCUT2D eigenvalue weighted by Gasteiger charge is 2.19. The van der Waals surface area contributed by atoms with Crippen molar-refractivity contribution in [1.82, 2.24) is 14.9 Å². The van der Waals surface area contributed by atoms with E-state index in [0.717, 1.165) is 50.1 Å². The van der Waals surface area contributed by atoms with E-state index in [0.29, 0.717) is 0 Å². The van der Waals surface area contributed by atoms with Crippen molar-refractivity contribution in [1.29, 1.82) is 0 Å². The van der Waals surface area contributed by atoms with Gasteiger partial charge in [0.15, 0.2) is 0 Å². The van der Waals surface area contributed by atoms with Gasteiger partial charge in [0.2, 0.25) is 5.89 Å². The van der Waals surface area contributed by atoms with Crippen LogP contribution in [-0.2, 0) is 6.54 Å². The van der Waals surface area contributed by atoms with Gasteiger partial charge in [-0.1, -0.05) is 0 Å². The summed E-state index contributed by atoms with van der Waals surface area (Å²) in [6, 6.07) is 4.13. The minimum Gasteiger partial charge on any atom is -0.444 e. The first kappa shape index (κ1) is 13.1. The Morgan fingerprint density at radius 3 is 2.40 bits per heavy atom. The second-order valence-electron chi connectivity index (χ2n) is 5.22. The van der Waals surface area contributed by atoms with Crippen molar-refractivity contribution in [3.8, 4) is 0 Å². The third kappa shape index (κ3) is 2.82. The van der Waals surface area contributed by atoms with Crippen LogP contribution in [0.25, 0.3) is 0 Å². The molecule has 1 fully saturated rings. The van der Waals surface area contributed by atoms with Crippen molar-refractivity contribution in [2.45, 2.75) is 20.4 Å². The number of aryl methyl sites for hydroxylation is 2. The Morgan fingerprint density at radius 1 is 1.10 bits per heavy atom. The zero-order valence-electron chi connectivity index (χ0n) is 12.0. The molecule has 5 nitrogen and oxygen atoms in total. The Bertz CT molecular complexity index is 539. The lowest BCUT2D eigenvalue weighted by Gasteiger charge is -2.35. The Kier molecular flexibility index (Phi) is 3.69. The van der Waals surface area contributed by atoms with Gasteiger partial charge in [0.25, 0.3) is 0 Å². The molecular formula is C15H20N4O. The summed E-state index contributed by atoms with van der Waals surface area (Å²) in [5, 5.41) is 0. The van der Waals surface area contributed by atoms with Crippen LogP contribution in [0.15, 0.2) is 28.9 Å². The van der Waals surface area contributed by atoms with Gasteiger partial charge in [-0.3, -0.25) is 9.88 Å². The minimum atomic E-state index is 0.804. The first-order valence-corrected chi connectivity index (χ1v) is 7.02. The van der Waals surface area contributed by atoms with Gasteiger partial charge < -0.3 is 9.32 Å². The number of piperazine rings is 1. The Labute approximate surface area is 119 Å². The van der Waals surface area contributed by atoms with Gasteiger partial charge in [0, 0.05) is 44.3 Å². The Hall–Kier alpha value is -1.88. The first-order valence-electron chi connectivity index (χ1n) is 7.02. The molecule has 3 rings (SSSR count). The molecule has 1 aliphatic rings. The maximum absolute atomic E-state index is 5.65. The van der Waals surface area contributed by atoms with Gasteiger partial charge in [0.05, 0.1) is 12.2 Å². The van der Waals surface area contributed by atoms with Crippen LogP contribution < -0.4 is 4.90 Å². The monoisotopic (exact) mass is 272 g/mol. The van der Waals surface area contributed by atoms with E-state index in [9.17, 15) is 0 Å². The minimum absolute atomic E-state index is 0.804. The van der Waals surface area contributed by atoms with Gasteiger partial charge in [0.1, 0.15) is 5.76 Å². The average molecular weight is 272 g/mol. The number of hydrogen-bond acceptors (Lipinski definition) is 5. The lowest BCUT2D eigenvalue weighted by molar-refractivity contribution is 0.225. The van der Waals surface area contributed by atoms with Gasteiger partial charge in [-0.25, -0.2) is 4.98 Å². The molecule has 0 radical (unpaired) electrons. The Balaban J connectivity index is 1.56. The van der Waals surface area contributed by atoms with E-state index in [1.807, 2.05) is 26.2 Å². The second-order valence-corrected chi connectivity index (χ2v) is 5.22. The van der Waals surface area contributed by atoms with Gasteiger partial charge in [-0.05, 0) is 26.0 Å². The topological polar surface area (TPSA) is 45.4 Å². The molecule has 0 atom stereocenters. The zero-order chi connectivity index (χ0) is 13.9. The predicted molar refractivity (Wildman–Crippen MR) is 77.7 cm³/mol. The zero-order valence-corrected chi connectivity index (χ0v) is 12.0. The highest BCUT2D eigenvalue weighted by Crippen LogP contribution is 2.16. The standard InChI is InChI=1S/C15H20N4O/c1-12-13(2)20-15(17-12)11-18-7-9-19(10-8-18)14-3-5-16-6-4-14/h3-6H,7-11H2,1-2H3. The van der Waals surface area contributed by atoms with E-state index in [1.54, 1.807) is 0 Å². The fourth-order valence-corrected chi connectivity index (χ4v) is 2.52. The van der Waals surface area contributed by atoms with Crippen LogP contribution in [0, 0.1) is 13.8 Å². The van der Waals surface area contributed by atoms with E-state index in [4.69, 9.17) is 4.42 Å². The fourth-order valence-electron chi connectivity index (χ4n) is 2.52. The summed E-state index contributed by atoms with van der Waals surface area (Å²) in [6.07, 6.45) is 3.69. The van der Waals surface area contributed by atoms with E-state index in [1.165, 1.54) is 5.69 Å². The molecule has 2 aromatic heterocycles. The summed E-state index contributed by atoms with van der Waals surface area (Å²) in [7, 11) is 0. The molecule has 3 heterocycles. The van der Waals surface area contributed by atoms with Crippen molar-refractivity contribution in [3.63, 3.8) is 0 Å². The number of pyridine rings is 1. The van der Waals surface area contributed by atoms with Crippen LogP contribution in [0.2, 0.25) is 0 Å². The number of anilines is 1. The highest BCUT2D eigenvalue weighted by molar-refractivity contribution is 5.44. The van der Waals surface area contributed by atoms with Crippen LogP contribution in [0.3, 0.4) is 0 Å². The van der Waals surface area contributed by atoms with E-state index >= 15 is 0 Å². The summed E-state index contributed by atoms with van der Waals surface area (Å²) < 4.78 is 5.65. The highest BCUT2D eigenvalue weighted by atomic mass is 16.4. The fraction of sp³-hybridized carbons (Fsp3) is 0.467. The number of rotatable bonds is 3. The lowest BCUT2D eigenvalue weighted by atomic mass is 10.2. The molecule has 2 aromatic rings. The van der Waals surface area contributed by atoms with Crippen LogP contribution in [-0.4, -0.2) is 41.0 Å². The number of nitrogens with zero attached hydrogens (tertiary/aromatic N) is 4. The van der Waals surface area contributed by atoms with Crippen LogP contribution >= 0.6 is 0 Å². The molecule has 0 aliphatic carbocycles. The third-order valence-corrected chi connectivity index (χ3v) is 3.83. The second kappa shape index (κ2) is 5.63.